The van der Waals surface area contributed by atoms with E-state index in [2.05, 4.69) is 5.32 Å². The van der Waals surface area contributed by atoms with Crippen LogP contribution in [0.3, 0.4) is 0 Å². The molecule has 0 bridgehead atoms. The Morgan fingerprint density at radius 3 is 2.00 bits per heavy atom. The van der Waals surface area contributed by atoms with Crippen LogP contribution in [0.15, 0.2) is 12.1 Å². The summed E-state index contributed by atoms with van der Waals surface area (Å²) >= 11 is 0. The summed E-state index contributed by atoms with van der Waals surface area (Å²) < 4.78 is 20.8. The lowest BCUT2D eigenvalue weighted by molar-refractivity contribution is -0.148. The minimum Gasteiger partial charge on any atom is -0.493 e. The molecule has 1 amide bonds. The second-order valence-electron chi connectivity index (χ2n) is 5.45. The maximum absolute atomic E-state index is 12.0. The molecule has 0 radical (unpaired) electrons. The molecule has 7 heteroatoms. The molecule has 0 saturated carbocycles. The van der Waals surface area contributed by atoms with Gasteiger partial charge in [0.25, 0.3) is 5.91 Å². The molecule has 1 rings (SSSR count). The number of esters is 1. The Bertz CT molecular complexity index is 558. The lowest BCUT2D eigenvalue weighted by atomic mass is 10.1. The van der Waals surface area contributed by atoms with Crippen LogP contribution in [0.5, 0.6) is 17.2 Å². The number of carbonyl (C=O) groups is 2. The Kier molecular flexibility index (Phi) is 8.60. The van der Waals surface area contributed by atoms with Crippen LogP contribution in [0, 0.1) is 0 Å². The number of benzene rings is 1. The van der Waals surface area contributed by atoms with E-state index in [1.54, 1.807) is 12.1 Å². The first-order valence-corrected chi connectivity index (χ1v) is 8.22. The van der Waals surface area contributed by atoms with Gasteiger partial charge in [-0.2, -0.15) is 0 Å². The van der Waals surface area contributed by atoms with Crippen molar-refractivity contribution in [2.24, 2.45) is 0 Å². The molecular formula is C18H27NO6. The van der Waals surface area contributed by atoms with Crippen molar-refractivity contribution in [3.8, 4) is 17.2 Å². The predicted octanol–water partition coefficient (Wildman–Crippen LogP) is 2.10. The van der Waals surface area contributed by atoms with E-state index in [4.69, 9.17) is 18.9 Å². The molecule has 0 saturated heterocycles. The predicted molar refractivity (Wildman–Crippen MR) is 93.3 cm³/mol. The number of hydrogen-bond donors (Lipinski definition) is 1. The molecular weight excluding hydrogens is 326 g/mol. The van der Waals surface area contributed by atoms with Gasteiger partial charge in [-0.25, -0.2) is 0 Å². The zero-order chi connectivity index (χ0) is 18.8. The third-order valence-corrected chi connectivity index (χ3v) is 3.79. The van der Waals surface area contributed by atoms with Crippen molar-refractivity contribution in [2.45, 2.75) is 39.2 Å². The highest BCUT2D eigenvalue weighted by Gasteiger charge is 2.16. The van der Waals surface area contributed by atoms with Gasteiger partial charge in [-0.15, -0.1) is 0 Å². The lowest BCUT2D eigenvalue weighted by Crippen LogP contribution is -2.37. The molecule has 1 aromatic carbocycles. The number of methoxy groups -OCH3 is 3. The van der Waals surface area contributed by atoms with Crippen molar-refractivity contribution in [3.63, 3.8) is 0 Å². The summed E-state index contributed by atoms with van der Waals surface area (Å²) in [4.78, 5) is 23.7. The number of hydrogen-bond acceptors (Lipinski definition) is 6. The van der Waals surface area contributed by atoms with E-state index >= 15 is 0 Å². The summed E-state index contributed by atoms with van der Waals surface area (Å²) in [6.45, 7) is 3.69. The molecule has 0 fully saturated rings. The number of nitrogens with one attached hydrogen (secondary N) is 1. The van der Waals surface area contributed by atoms with Crippen molar-refractivity contribution >= 4 is 11.9 Å². The van der Waals surface area contributed by atoms with Crippen molar-refractivity contribution in [2.75, 3.05) is 27.9 Å². The molecule has 0 aliphatic rings. The van der Waals surface area contributed by atoms with Gasteiger partial charge in [0, 0.05) is 6.04 Å². The summed E-state index contributed by atoms with van der Waals surface area (Å²) in [5.74, 6) is 0.555. The smallest absolute Gasteiger partial charge is 0.310 e. The Morgan fingerprint density at radius 1 is 1.00 bits per heavy atom. The molecule has 0 spiro atoms. The Labute approximate surface area is 148 Å². The van der Waals surface area contributed by atoms with Gasteiger partial charge in [-0.3, -0.25) is 9.59 Å². The van der Waals surface area contributed by atoms with Crippen LogP contribution in [0.2, 0.25) is 0 Å². The Balaban J connectivity index is 2.66. The van der Waals surface area contributed by atoms with Crippen LogP contribution in [0.4, 0.5) is 0 Å². The third kappa shape index (κ3) is 6.17. The maximum atomic E-state index is 12.0. The Morgan fingerprint density at radius 2 is 1.56 bits per heavy atom. The van der Waals surface area contributed by atoms with Crippen LogP contribution in [-0.2, 0) is 20.7 Å². The molecule has 140 valence electrons. The quantitative estimate of drug-likeness (QED) is 0.649. The summed E-state index contributed by atoms with van der Waals surface area (Å²) in [5.41, 5.74) is 0.639. The van der Waals surface area contributed by atoms with E-state index in [1.807, 2.05) is 13.8 Å². The molecule has 0 atom stereocenters. The highest BCUT2D eigenvalue weighted by molar-refractivity contribution is 5.81. The van der Waals surface area contributed by atoms with Gasteiger partial charge in [0.05, 0.1) is 27.8 Å². The van der Waals surface area contributed by atoms with Crippen molar-refractivity contribution < 1.29 is 28.5 Å². The largest absolute Gasteiger partial charge is 0.493 e. The molecule has 7 nitrogen and oxygen atoms in total. The number of amides is 1. The second kappa shape index (κ2) is 10.4. The van der Waals surface area contributed by atoms with E-state index in [0.717, 1.165) is 12.8 Å². The van der Waals surface area contributed by atoms with Crippen LogP contribution in [-0.4, -0.2) is 45.9 Å². The number of carbonyl (C=O) groups excluding carboxylic acids is 2. The maximum Gasteiger partial charge on any atom is 0.310 e. The van der Waals surface area contributed by atoms with Crippen LogP contribution in [0.25, 0.3) is 0 Å². The van der Waals surface area contributed by atoms with Crippen LogP contribution < -0.4 is 19.5 Å². The van der Waals surface area contributed by atoms with E-state index in [-0.39, 0.29) is 25.0 Å². The highest BCUT2D eigenvalue weighted by atomic mass is 16.5. The van der Waals surface area contributed by atoms with Crippen molar-refractivity contribution in [1.82, 2.24) is 5.32 Å². The van der Waals surface area contributed by atoms with Gasteiger partial charge < -0.3 is 24.3 Å². The van der Waals surface area contributed by atoms with E-state index < -0.39 is 5.97 Å². The second-order valence-corrected chi connectivity index (χ2v) is 5.45. The zero-order valence-corrected chi connectivity index (χ0v) is 15.5. The topological polar surface area (TPSA) is 83.1 Å². The van der Waals surface area contributed by atoms with E-state index in [9.17, 15) is 9.59 Å². The number of rotatable bonds is 10. The monoisotopic (exact) mass is 353 g/mol. The minimum atomic E-state index is -0.506. The average molecular weight is 353 g/mol. The first-order valence-electron chi connectivity index (χ1n) is 8.22. The molecule has 0 heterocycles. The fraction of sp³-hybridized carbons (Fsp3) is 0.556. The van der Waals surface area contributed by atoms with Crippen LogP contribution in [0.1, 0.15) is 32.3 Å². The minimum absolute atomic E-state index is 0.00498. The Hall–Kier alpha value is -2.44. The molecule has 1 N–H and O–H groups in total. The standard InChI is InChI=1S/C18H27NO6/c1-6-13(7-2)19-16(20)11-25-17(21)10-12-8-14(22-3)18(24-5)15(9-12)23-4/h8-9,13H,6-7,10-11H2,1-5H3,(H,19,20). The molecule has 0 aliphatic carbocycles. The van der Waals surface area contributed by atoms with E-state index in [1.165, 1.54) is 21.3 Å². The van der Waals surface area contributed by atoms with Gasteiger partial charge in [0.1, 0.15) is 0 Å². The van der Waals surface area contributed by atoms with Crippen LogP contribution >= 0.6 is 0 Å². The summed E-state index contributed by atoms with van der Waals surface area (Å²) in [6, 6.07) is 3.45. The molecule has 0 aromatic heterocycles. The van der Waals surface area contributed by atoms with Gasteiger partial charge in [0.2, 0.25) is 5.75 Å². The molecule has 0 unspecified atom stereocenters. The first-order chi connectivity index (χ1) is 12.0. The van der Waals surface area contributed by atoms with Crippen molar-refractivity contribution in [1.29, 1.82) is 0 Å². The average Bonchev–Trinajstić information content (AvgIpc) is 2.63. The first kappa shape index (κ1) is 20.6. The summed E-state index contributed by atoms with van der Waals surface area (Å²) in [5, 5.41) is 2.81. The molecule has 0 aliphatic heterocycles. The van der Waals surface area contributed by atoms with Gasteiger partial charge in [0.15, 0.2) is 18.1 Å². The summed E-state index contributed by atoms with van der Waals surface area (Å²) in [6.07, 6.45) is 1.66. The zero-order valence-electron chi connectivity index (χ0n) is 15.5. The fourth-order valence-corrected chi connectivity index (χ4v) is 2.36. The summed E-state index contributed by atoms with van der Waals surface area (Å²) in [7, 11) is 4.51. The lowest BCUT2D eigenvalue weighted by Gasteiger charge is -2.15. The molecule has 25 heavy (non-hydrogen) atoms. The molecule has 1 aromatic rings. The SMILES string of the molecule is CCC(CC)NC(=O)COC(=O)Cc1cc(OC)c(OC)c(OC)c1. The van der Waals surface area contributed by atoms with Gasteiger partial charge >= 0.3 is 5.97 Å². The fourth-order valence-electron chi connectivity index (χ4n) is 2.36. The van der Waals surface area contributed by atoms with E-state index in [0.29, 0.717) is 22.8 Å². The number of ether oxygens (including phenoxy) is 4. The van der Waals surface area contributed by atoms with Gasteiger partial charge in [-0.05, 0) is 30.5 Å². The van der Waals surface area contributed by atoms with Gasteiger partial charge in [-0.1, -0.05) is 13.8 Å². The normalized spacial score (nSPS) is 10.3. The highest BCUT2D eigenvalue weighted by Crippen LogP contribution is 2.38. The van der Waals surface area contributed by atoms with Crippen molar-refractivity contribution in [3.05, 3.63) is 17.7 Å². The third-order valence-electron chi connectivity index (χ3n) is 3.79.